The van der Waals surface area contributed by atoms with Crippen molar-refractivity contribution in [2.45, 2.75) is 44.9 Å². The Bertz CT molecular complexity index is 1230. The third-order valence-electron chi connectivity index (χ3n) is 7.37. The number of benzene rings is 2. The summed E-state index contributed by atoms with van der Waals surface area (Å²) in [5.74, 6) is 6.81. The molecule has 2 aliphatic rings. The second-order valence-corrected chi connectivity index (χ2v) is 9.87. The topological polar surface area (TPSA) is 59.2 Å². The van der Waals surface area contributed by atoms with E-state index in [0.717, 1.165) is 47.8 Å². The first-order chi connectivity index (χ1) is 16.0. The van der Waals surface area contributed by atoms with Gasteiger partial charge in [0.1, 0.15) is 5.82 Å². The van der Waals surface area contributed by atoms with Gasteiger partial charge in [0.05, 0.1) is 5.56 Å². The Morgan fingerprint density at radius 1 is 0.970 bits per heavy atom. The predicted molar refractivity (Wildman–Crippen MR) is 134 cm³/mol. The van der Waals surface area contributed by atoms with Crippen molar-refractivity contribution < 1.29 is 4.79 Å². The van der Waals surface area contributed by atoms with Gasteiger partial charge in [-0.05, 0) is 67.5 Å². The molecule has 5 heteroatoms. The van der Waals surface area contributed by atoms with Gasteiger partial charge in [0, 0.05) is 46.2 Å². The first kappa shape index (κ1) is 21.8. The molecule has 5 rings (SSSR count). The summed E-state index contributed by atoms with van der Waals surface area (Å²) in [4.78, 5) is 19.3. The highest BCUT2D eigenvalue weighted by Crippen LogP contribution is 2.44. The summed E-state index contributed by atoms with van der Waals surface area (Å²) in [5.41, 5.74) is 8.80. The number of nitrogens with zero attached hydrogens (tertiary/aromatic N) is 2. The first-order valence-corrected chi connectivity index (χ1v) is 12.2. The number of aromatic nitrogens is 1. The number of carbonyl (C=O) groups excluding carboxylic acids is 1. The molecule has 3 aromatic rings. The predicted octanol–water partition coefficient (Wildman–Crippen LogP) is 6.06. The number of pyridine rings is 1. The van der Waals surface area contributed by atoms with Gasteiger partial charge < -0.3 is 10.6 Å². The van der Waals surface area contributed by atoms with E-state index in [9.17, 15) is 4.79 Å². The molecule has 1 saturated carbocycles. The van der Waals surface area contributed by atoms with Gasteiger partial charge in [0.2, 0.25) is 0 Å². The standard InChI is InChI=1S/C28H28ClN3O/c29-23-10-9-22-19-31-26(30)24(25(22)18-23)11-6-20-4-7-21(8-5-20)27(33)32-16-14-28(15-17-32)12-2-1-3-13-28/h4-5,7-10,18-19H,1-3,12-17H2,(H2,30,31). The van der Waals surface area contributed by atoms with Crippen LogP contribution >= 0.6 is 11.6 Å². The van der Waals surface area contributed by atoms with Crippen molar-refractivity contribution in [3.63, 3.8) is 0 Å². The molecular weight excluding hydrogens is 430 g/mol. The Hall–Kier alpha value is -3.03. The average Bonchev–Trinajstić information content (AvgIpc) is 2.84. The fourth-order valence-corrected chi connectivity index (χ4v) is 5.50. The SMILES string of the molecule is Nc1ncc2ccc(Cl)cc2c1C#Cc1ccc(C(=O)N2CCC3(CCCCC3)CC2)cc1. The van der Waals surface area contributed by atoms with E-state index in [1.54, 1.807) is 6.20 Å². The van der Waals surface area contributed by atoms with Crippen LogP contribution in [-0.2, 0) is 0 Å². The summed E-state index contributed by atoms with van der Waals surface area (Å²) in [5, 5.41) is 2.46. The van der Waals surface area contributed by atoms with Crippen LogP contribution in [0.3, 0.4) is 0 Å². The molecule has 2 heterocycles. The number of carbonyl (C=O) groups is 1. The van der Waals surface area contributed by atoms with Gasteiger partial charge in [-0.3, -0.25) is 4.79 Å². The lowest BCUT2D eigenvalue weighted by molar-refractivity contribution is 0.0472. The smallest absolute Gasteiger partial charge is 0.253 e. The van der Waals surface area contributed by atoms with Crippen molar-refractivity contribution in [2.75, 3.05) is 18.8 Å². The van der Waals surface area contributed by atoms with Crippen molar-refractivity contribution in [1.82, 2.24) is 9.88 Å². The molecule has 33 heavy (non-hydrogen) atoms. The molecule has 0 atom stereocenters. The van der Waals surface area contributed by atoms with Gasteiger partial charge >= 0.3 is 0 Å². The molecule has 1 amide bonds. The molecule has 1 aromatic heterocycles. The normalized spacial score (nSPS) is 17.5. The summed E-state index contributed by atoms with van der Waals surface area (Å²) in [6.07, 6.45) is 10.8. The van der Waals surface area contributed by atoms with Crippen LogP contribution in [0.2, 0.25) is 5.02 Å². The van der Waals surface area contributed by atoms with Crippen molar-refractivity contribution in [1.29, 1.82) is 0 Å². The average molecular weight is 458 g/mol. The lowest BCUT2D eigenvalue weighted by Gasteiger charge is -2.44. The molecule has 0 unspecified atom stereocenters. The van der Waals surface area contributed by atoms with Gasteiger partial charge in [0.25, 0.3) is 5.91 Å². The minimum Gasteiger partial charge on any atom is -0.383 e. The maximum Gasteiger partial charge on any atom is 0.253 e. The summed E-state index contributed by atoms with van der Waals surface area (Å²) >= 11 is 6.17. The Morgan fingerprint density at radius 3 is 2.42 bits per heavy atom. The van der Waals surface area contributed by atoms with Crippen molar-refractivity contribution >= 4 is 34.1 Å². The molecule has 0 bridgehead atoms. The highest BCUT2D eigenvalue weighted by Gasteiger charge is 2.36. The van der Waals surface area contributed by atoms with Crippen LogP contribution in [0.1, 0.15) is 66.4 Å². The Morgan fingerprint density at radius 2 is 1.70 bits per heavy atom. The number of hydrogen-bond acceptors (Lipinski definition) is 3. The number of halogens is 1. The molecule has 1 saturated heterocycles. The molecule has 0 radical (unpaired) electrons. The Kier molecular flexibility index (Phi) is 6.00. The van der Waals surface area contributed by atoms with Crippen LogP contribution < -0.4 is 5.73 Å². The van der Waals surface area contributed by atoms with Crippen LogP contribution in [-0.4, -0.2) is 28.9 Å². The van der Waals surface area contributed by atoms with E-state index in [-0.39, 0.29) is 5.91 Å². The number of rotatable bonds is 1. The molecule has 2 N–H and O–H groups in total. The van der Waals surface area contributed by atoms with Crippen molar-refractivity contribution in [2.24, 2.45) is 5.41 Å². The number of amides is 1. The van der Waals surface area contributed by atoms with Crippen molar-refractivity contribution in [3.8, 4) is 11.8 Å². The molecular formula is C28H28ClN3O. The summed E-state index contributed by atoms with van der Waals surface area (Å²) < 4.78 is 0. The van der Waals surface area contributed by atoms with Gasteiger partial charge in [-0.15, -0.1) is 0 Å². The third kappa shape index (κ3) is 4.56. The number of nitrogen functional groups attached to an aromatic ring is 1. The largest absolute Gasteiger partial charge is 0.383 e. The summed E-state index contributed by atoms with van der Waals surface area (Å²) in [6, 6.07) is 13.1. The molecule has 4 nitrogen and oxygen atoms in total. The van der Waals surface area contributed by atoms with Crippen LogP contribution in [0.4, 0.5) is 5.82 Å². The van der Waals surface area contributed by atoms with E-state index in [2.05, 4.69) is 16.8 Å². The van der Waals surface area contributed by atoms with Crippen molar-refractivity contribution in [3.05, 3.63) is 70.4 Å². The minimum atomic E-state index is 0.123. The second-order valence-electron chi connectivity index (χ2n) is 9.43. The second kappa shape index (κ2) is 9.08. The van der Waals surface area contributed by atoms with E-state index in [1.165, 1.54) is 32.1 Å². The lowest BCUT2D eigenvalue weighted by atomic mass is 9.68. The third-order valence-corrected chi connectivity index (χ3v) is 7.61. The molecule has 2 fully saturated rings. The monoisotopic (exact) mass is 457 g/mol. The summed E-state index contributed by atoms with van der Waals surface area (Å²) in [7, 11) is 0. The van der Waals surface area contributed by atoms with Gasteiger partial charge in [-0.1, -0.05) is 48.8 Å². The van der Waals surface area contributed by atoms with Crippen LogP contribution in [0.15, 0.2) is 48.7 Å². The van der Waals surface area contributed by atoms with E-state index in [0.29, 0.717) is 21.8 Å². The first-order valence-electron chi connectivity index (χ1n) is 11.8. The number of fused-ring (bicyclic) bond motifs is 1. The van der Waals surface area contributed by atoms with Gasteiger partial charge in [-0.2, -0.15) is 0 Å². The minimum absolute atomic E-state index is 0.123. The molecule has 2 aromatic carbocycles. The Labute approximate surface area is 200 Å². The lowest BCUT2D eigenvalue weighted by Crippen LogP contribution is -2.43. The zero-order valence-electron chi connectivity index (χ0n) is 18.7. The maximum absolute atomic E-state index is 13.0. The zero-order valence-corrected chi connectivity index (χ0v) is 19.5. The summed E-state index contributed by atoms with van der Waals surface area (Å²) in [6.45, 7) is 1.74. The number of anilines is 1. The van der Waals surface area contributed by atoms with E-state index in [1.807, 2.05) is 47.4 Å². The molecule has 1 spiro atoms. The fourth-order valence-electron chi connectivity index (χ4n) is 5.33. The van der Waals surface area contributed by atoms with E-state index < -0.39 is 0 Å². The maximum atomic E-state index is 13.0. The van der Waals surface area contributed by atoms with Crippen LogP contribution in [0.25, 0.3) is 10.8 Å². The molecule has 1 aliphatic carbocycles. The zero-order chi connectivity index (χ0) is 22.8. The number of piperidine rings is 1. The number of hydrogen-bond donors (Lipinski definition) is 1. The molecule has 1 aliphatic heterocycles. The van der Waals surface area contributed by atoms with Gasteiger partial charge in [0.15, 0.2) is 0 Å². The van der Waals surface area contributed by atoms with Gasteiger partial charge in [-0.25, -0.2) is 4.98 Å². The quantitative estimate of drug-likeness (QED) is 0.452. The van der Waals surface area contributed by atoms with E-state index in [4.69, 9.17) is 17.3 Å². The molecule has 168 valence electrons. The fraction of sp³-hybridized carbons (Fsp3) is 0.357. The highest BCUT2D eigenvalue weighted by atomic mass is 35.5. The van der Waals surface area contributed by atoms with Crippen LogP contribution in [0, 0.1) is 17.3 Å². The Balaban J connectivity index is 1.30. The van der Waals surface area contributed by atoms with Crippen LogP contribution in [0.5, 0.6) is 0 Å². The highest BCUT2D eigenvalue weighted by molar-refractivity contribution is 6.31. The number of nitrogens with two attached hydrogens (primary N) is 1. The van der Waals surface area contributed by atoms with E-state index >= 15 is 0 Å². The number of likely N-dealkylation sites (tertiary alicyclic amines) is 1.